The Morgan fingerprint density at radius 3 is 2.62 bits per heavy atom. The molecule has 0 aliphatic carbocycles. The van der Waals surface area contributed by atoms with Crippen LogP contribution < -0.4 is 0 Å². The summed E-state index contributed by atoms with van der Waals surface area (Å²) in [5.74, 6) is 0.125. The second-order valence-electron chi connectivity index (χ2n) is 5.31. The average Bonchev–Trinajstić information content (AvgIpc) is 3.26. The summed E-state index contributed by atoms with van der Waals surface area (Å²) in [6.07, 6.45) is 0.534. The number of carbonyl (C=O) groups excluding carboxylic acids is 1. The van der Waals surface area contributed by atoms with E-state index in [0.717, 1.165) is 0 Å². The molecule has 3 aromatic rings. The van der Waals surface area contributed by atoms with Crippen molar-refractivity contribution in [3.8, 4) is 11.4 Å². The SMILES string of the molecule is CCc1noc(C)c1C(=O)OCc1nc(-c2ccc([N+](=O)[O-])cc2)no1. The molecule has 0 atom stereocenters. The molecule has 0 bridgehead atoms. The smallest absolute Gasteiger partial charge is 0.344 e. The lowest BCUT2D eigenvalue weighted by Gasteiger charge is -2.01. The molecule has 0 aliphatic heterocycles. The van der Waals surface area contributed by atoms with E-state index in [-0.39, 0.29) is 24.0 Å². The largest absolute Gasteiger partial charge is 0.452 e. The highest BCUT2D eigenvalue weighted by atomic mass is 16.6. The van der Waals surface area contributed by atoms with Gasteiger partial charge in [0.05, 0.1) is 10.6 Å². The normalized spacial score (nSPS) is 10.7. The number of nitrogens with zero attached hydrogens (tertiary/aromatic N) is 4. The Labute approximate surface area is 146 Å². The number of nitro groups is 1. The zero-order valence-corrected chi connectivity index (χ0v) is 14.0. The van der Waals surface area contributed by atoms with E-state index in [1.165, 1.54) is 24.3 Å². The Kier molecular flexibility index (Phi) is 4.74. The number of carbonyl (C=O) groups is 1. The first-order chi connectivity index (χ1) is 12.5. The summed E-state index contributed by atoms with van der Waals surface area (Å²) in [5, 5.41) is 18.2. The van der Waals surface area contributed by atoms with Crippen molar-refractivity contribution in [2.75, 3.05) is 0 Å². The van der Waals surface area contributed by atoms with Crippen LogP contribution >= 0.6 is 0 Å². The van der Waals surface area contributed by atoms with Crippen LogP contribution in [0.4, 0.5) is 5.69 Å². The number of ether oxygens (including phenoxy) is 1. The van der Waals surface area contributed by atoms with Crippen molar-refractivity contribution in [2.24, 2.45) is 0 Å². The van der Waals surface area contributed by atoms with Crippen molar-refractivity contribution in [2.45, 2.75) is 26.9 Å². The van der Waals surface area contributed by atoms with Crippen LogP contribution in [0.5, 0.6) is 0 Å². The molecular formula is C16H14N4O6. The van der Waals surface area contributed by atoms with Gasteiger partial charge in [-0.3, -0.25) is 10.1 Å². The standard InChI is InChI=1S/C16H14N4O6/c1-3-12-14(9(2)25-18-12)16(21)24-8-13-17-15(19-26-13)10-4-6-11(7-5-10)20(22)23/h4-7H,3,8H2,1-2H3. The molecule has 0 amide bonds. The van der Waals surface area contributed by atoms with Gasteiger partial charge >= 0.3 is 5.97 Å². The maximum Gasteiger partial charge on any atom is 0.344 e. The molecule has 2 aromatic heterocycles. The van der Waals surface area contributed by atoms with Crippen LogP contribution in [0.15, 0.2) is 33.3 Å². The fourth-order valence-corrected chi connectivity index (χ4v) is 2.28. The highest BCUT2D eigenvalue weighted by molar-refractivity contribution is 5.91. The van der Waals surface area contributed by atoms with Crippen LogP contribution in [0, 0.1) is 17.0 Å². The quantitative estimate of drug-likeness (QED) is 0.370. The number of aromatic nitrogens is 3. The number of non-ortho nitro benzene ring substituents is 1. The van der Waals surface area contributed by atoms with Crippen molar-refractivity contribution >= 4 is 11.7 Å². The van der Waals surface area contributed by atoms with Gasteiger partial charge in [-0.2, -0.15) is 4.98 Å². The number of hydrogen-bond acceptors (Lipinski definition) is 9. The van der Waals surface area contributed by atoms with Crippen LogP contribution in [0.1, 0.15) is 34.6 Å². The van der Waals surface area contributed by atoms with Crippen molar-refractivity contribution in [1.29, 1.82) is 0 Å². The molecule has 1 aromatic carbocycles. The minimum Gasteiger partial charge on any atom is -0.452 e. The summed E-state index contributed by atoms with van der Waals surface area (Å²) in [7, 11) is 0. The number of rotatable bonds is 6. The zero-order valence-electron chi connectivity index (χ0n) is 14.0. The maximum absolute atomic E-state index is 12.2. The van der Waals surface area contributed by atoms with Crippen LogP contribution in [0.3, 0.4) is 0 Å². The Morgan fingerprint density at radius 2 is 1.96 bits per heavy atom. The zero-order chi connectivity index (χ0) is 18.7. The van der Waals surface area contributed by atoms with E-state index in [4.69, 9.17) is 13.8 Å². The van der Waals surface area contributed by atoms with Crippen molar-refractivity contribution in [3.63, 3.8) is 0 Å². The Bertz CT molecular complexity index is 944. The predicted molar refractivity (Wildman–Crippen MR) is 86.1 cm³/mol. The van der Waals surface area contributed by atoms with Gasteiger partial charge in [0.1, 0.15) is 11.3 Å². The van der Waals surface area contributed by atoms with E-state index in [9.17, 15) is 14.9 Å². The summed E-state index contributed by atoms with van der Waals surface area (Å²) in [4.78, 5) is 26.5. The van der Waals surface area contributed by atoms with Crippen molar-refractivity contribution < 1.29 is 23.5 Å². The molecule has 0 fully saturated rings. The second-order valence-corrected chi connectivity index (χ2v) is 5.31. The summed E-state index contributed by atoms with van der Waals surface area (Å²) < 4.78 is 15.2. The molecule has 0 saturated carbocycles. The molecule has 2 heterocycles. The van der Waals surface area contributed by atoms with Gasteiger partial charge in [0.15, 0.2) is 6.61 Å². The summed E-state index contributed by atoms with van der Waals surface area (Å²) in [6.45, 7) is 3.26. The fourth-order valence-electron chi connectivity index (χ4n) is 2.28. The molecule has 10 heteroatoms. The first-order valence-corrected chi connectivity index (χ1v) is 7.69. The van der Waals surface area contributed by atoms with E-state index >= 15 is 0 Å². The monoisotopic (exact) mass is 358 g/mol. The highest BCUT2D eigenvalue weighted by Crippen LogP contribution is 2.20. The van der Waals surface area contributed by atoms with E-state index < -0.39 is 10.9 Å². The molecule has 134 valence electrons. The summed E-state index contributed by atoms with van der Waals surface area (Å²) in [6, 6.07) is 5.69. The number of aryl methyl sites for hydroxylation is 2. The van der Waals surface area contributed by atoms with Gasteiger partial charge in [0.2, 0.25) is 5.82 Å². The molecule has 10 nitrogen and oxygen atoms in total. The molecule has 0 saturated heterocycles. The molecule has 0 unspecified atom stereocenters. The number of hydrogen-bond donors (Lipinski definition) is 0. The van der Waals surface area contributed by atoms with Gasteiger partial charge in [-0.05, 0) is 25.5 Å². The van der Waals surface area contributed by atoms with Gasteiger partial charge < -0.3 is 13.8 Å². The molecule has 0 spiro atoms. The second kappa shape index (κ2) is 7.13. The molecule has 0 aliphatic rings. The summed E-state index contributed by atoms with van der Waals surface area (Å²) in [5.41, 5.74) is 1.31. The number of esters is 1. The molecular weight excluding hydrogens is 344 g/mol. The molecule has 0 radical (unpaired) electrons. The van der Waals surface area contributed by atoms with E-state index in [2.05, 4.69) is 15.3 Å². The maximum atomic E-state index is 12.2. The number of nitro benzene ring substituents is 1. The highest BCUT2D eigenvalue weighted by Gasteiger charge is 2.21. The van der Waals surface area contributed by atoms with Crippen molar-refractivity contribution in [3.05, 3.63) is 57.3 Å². The Morgan fingerprint density at radius 1 is 1.23 bits per heavy atom. The fraction of sp³-hybridized carbons (Fsp3) is 0.250. The average molecular weight is 358 g/mol. The lowest BCUT2D eigenvalue weighted by atomic mass is 10.1. The lowest BCUT2D eigenvalue weighted by molar-refractivity contribution is -0.384. The van der Waals surface area contributed by atoms with Gasteiger partial charge in [-0.1, -0.05) is 17.2 Å². The van der Waals surface area contributed by atoms with Crippen LogP contribution in [0.2, 0.25) is 0 Å². The van der Waals surface area contributed by atoms with Crippen LogP contribution in [-0.4, -0.2) is 26.2 Å². The molecule has 3 rings (SSSR count). The van der Waals surface area contributed by atoms with Crippen molar-refractivity contribution in [1.82, 2.24) is 15.3 Å². The van der Waals surface area contributed by atoms with Crippen LogP contribution in [0.25, 0.3) is 11.4 Å². The first kappa shape index (κ1) is 17.3. The topological polar surface area (TPSA) is 134 Å². The van der Waals surface area contributed by atoms with E-state index in [1.54, 1.807) is 6.92 Å². The number of benzene rings is 1. The molecule has 26 heavy (non-hydrogen) atoms. The Balaban J connectivity index is 1.68. The van der Waals surface area contributed by atoms with E-state index in [0.29, 0.717) is 29.0 Å². The van der Waals surface area contributed by atoms with Gasteiger partial charge in [0.25, 0.3) is 11.6 Å². The van der Waals surface area contributed by atoms with Crippen LogP contribution in [-0.2, 0) is 17.8 Å². The summed E-state index contributed by atoms with van der Waals surface area (Å²) >= 11 is 0. The lowest BCUT2D eigenvalue weighted by Crippen LogP contribution is -2.08. The van der Waals surface area contributed by atoms with Gasteiger partial charge in [-0.25, -0.2) is 4.79 Å². The van der Waals surface area contributed by atoms with Gasteiger partial charge in [0, 0.05) is 17.7 Å². The third-order valence-corrected chi connectivity index (χ3v) is 3.60. The van der Waals surface area contributed by atoms with E-state index in [1.807, 2.05) is 6.92 Å². The third kappa shape index (κ3) is 3.43. The minimum atomic E-state index is -0.587. The van der Waals surface area contributed by atoms with Gasteiger partial charge in [-0.15, -0.1) is 0 Å². The third-order valence-electron chi connectivity index (χ3n) is 3.60. The minimum absolute atomic E-state index is 0.0396. The molecule has 0 N–H and O–H groups in total. The first-order valence-electron chi connectivity index (χ1n) is 7.69. The predicted octanol–water partition coefficient (Wildman–Crippen LogP) is 2.86. The Hall–Kier alpha value is -3.56.